The maximum absolute atomic E-state index is 9.38. The Bertz CT molecular complexity index is 411. The van der Waals surface area contributed by atoms with Crippen molar-refractivity contribution in [2.45, 2.75) is 0 Å². The van der Waals surface area contributed by atoms with Gasteiger partial charge in [-0.15, -0.1) is 0 Å². The summed E-state index contributed by atoms with van der Waals surface area (Å²) < 4.78 is 4.52. The Morgan fingerprint density at radius 2 is 2.08 bits per heavy atom. The highest BCUT2D eigenvalue weighted by Gasteiger charge is 2.08. The van der Waals surface area contributed by atoms with Crippen LogP contribution in [0.4, 0.5) is 0 Å². The summed E-state index contributed by atoms with van der Waals surface area (Å²) in [5.41, 5.74) is 0.423. The normalized spacial score (nSPS) is 10.2. The van der Waals surface area contributed by atoms with Crippen LogP contribution in [0.5, 0.6) is 11.5 Å². The number of hydrogen-bond acceptors (Lipinski definition) is 5. The molecule has 0 aliphatic carbocycles. The van der Waals surface area contributed by atoms with Gasteiger partial charge < -0.3 is 14.7 Å². The summed E-state index contributed by atoms with van der Waals surface area (Å²) in [5.74, 6) is 0.198. The standard InChI is InChI=1S/C8H6N2O3/c11-5-1-2-6(7(12)3-5)8-9-4-13-10-8/h1-4,11-12H. The molecular formula is C8H6N2O3. The maximum atomic E-state index is 9.38. The molecule has 66 valence electrons. The molecule has 0 saturated heterocycles. The molecule has 2 aromatic rings. The number of nitrogens with zero attached hydrogens (tertiary/aromatic N) is 2. The fourth-order valence-electron chi connectivity index (χ4n) is 0.998. The molecule has 0 fully saturated rings. The molecule has 1 heterocycles. The monoisotopic (exact) mass is 178 g/mol. The SMILES string of the molecule is Oc1ccc(-c2ncon2)c(O)c1. The topological polar surface area (TPSA) is 79.4 Å². The molecule has 13 heavy (non-hydrogen) atoms. The molecule has 0 saturated carbocycles. The van der Waals surface area contributed by atoms with E-state index in [1.54, 1.807) is 0 Å². The van der Waals surface area contributed by atoms with E-state index in [1.807, 2.05) is 0 Å². The first-order valence-electron chi connectivity index (χ1n) is 3.56. The van der Waals surface area contributed by atoms with Crippen molar-refractivity contribution < 1.29 is 14.7 Å². The van der Waals surface area contributed by atoms with E-state index in [0.29, 0.717) is 5.56 Å². The molecule has 0 atom stereocenters. The van der Waals surface area contributed by atoms with Crippen LogP contribution in [-0.4, -0.2) is 20.4 Å². The number of aromatic nitrogens is 2. The maximum Gasteiger partial charge on any atom is 0.214 e. The van der Waals surface area contributed by atoms with Gasteiger partial charge in [-0.1, -0.05) is 5.16 Å². The number of benzene rings is 1. The van der Waals surface area contributed by atoms with Crippen LogP contribution in [0.2, 0.25) is 0 Å². The van der Waals surface area contributed by atoms with Crippen molar-refractivity contribution in [3.63, 3.8) is 0 Å². The highest BCUT2D eigenvalue weighted by Crippen LogP contribution is 2.29. The summed E-state index contributed by atoms with van der Waals surface area (Å²) in [6, 6.07) is 4.16. The van der Waals surface area contributed by atoms with Gasteiger partial charge in [0.1, 0.15) is 11.5 Å². The Labute approximate surface area is 73.3 Å². The van der Waals surface area contributed by atoms with Crippen LogP contribution < -0.4 is 0 Å². The molecule has 2 rings (SSSR count). The third-order valence-corrected chi connectivity index (χ3v) is 1.58. The third-order valence-electron chi connectivity index (χ3n) is 1.58. The zero-order valence-electron chi connectivity index (χ0n) is 6.51. The van der Waals surface area contributed by atoms with Crippen molar-refractivity contribution in [2.75, 3.05) is 0 Å². The molecule has 5 heteroatoms. The van der Waals surface area contributed by atoms with E-state index in [-0.39, 0.29) is 17.3 Å². The average molecular weight is 178 g/mol. The van der Waals surface area contributed by atoms with Gasteiger partial charge in [0, 0.05) is 6.07 Å². The van der Waals surface area contributed by atoms with Gasteiger partial charge in [0.15, 0.2) is 0 Å². The first kappa shape index (κ1) is 7.60. The van der Waals surface area contributed by atoms with E-state index in [0.717, 1.165) is 0 Å². The minimum absolute atomic E-state index is 0.00950. The molecule has 0 amide bonds. The summed E-state index contributed by atoms with van der Waals surface area (Å²) in [5, 5.41) is 21.9. The second-order valence-electron chi connectivity index (χ2n) is 2.46. The highest BCUT2D eigenvalue weighted by atomic mass is 16.5. The zero-order chi connectivity index (χ0) is 9.26. The lowest BCUT2D eigenvalue weighted by atomic mass is 10.2. The largest absolute Gasteiger partial charge is 0.508 e. The minimum Gasteiger partial charge on any atom is -0.508 e. The van der Waals surface area contributed by atoms with Crippen LogP contribution in [0, 0.1) is 0 Å². The summed E-state index contributed by atoms with van der Waals surface area (Å²) in [7, 11) is 0. The summed E-state index contributed by atoms with van der Waals surface area (Å²) in [6.07, 6.45) is 1.17. The Morgan fingerprint density at radius 3 is 2.69 bits per heavy atom. The van der Waals surface area contributed by atoms with Gasteiger partial charge >= 0.3 is 0 Å². The van der Waals surface area contributed by atoms with Crippen LogP contribution >= 0.6 is 0 Å². The second kappa shape index (κ2) is 2.78. The van der Waals surface area contributed by atoms with Crippen molar-refractivity contribution in [3.8, 4) is 22.9 Å². The molecule has 1 aromatic heterocycles. The van der Waals surface area contributed by atoms with Crippen LogP contribution in [0.3, 0.4) is 0 Å². The fraction of sp³-hybridized carbons (Fsp3) is 0. The number of phenolic OH excluding ortho intramolecular Hbond substituents is 2. The molecule has 0 unspecified atom stereocenters. The van der Waals surface area contributed by atoms with Gasteiger partial charge in [-0.25, -0.2) is 0 Å². The zero-order valence-corrected chi connectivity index (χ0v) is 6.51. The van der Waals surface area contributed by atoms with Crippen molar-refractivity contribution >= 4 is 0 Å². The predicted octanol–water partition coefficient (Wildman–Crippen LogP) is 1.15. The van der Waals surface area contributed by atoms with Crippen molar-refractivity contribution in [1.82, 2.24) is 10.1 Å². The second-order valence-corrected chi connectivity index (χ2v) is 2.46. The van der Waals surface area contributed by atoms with Crippen LogP contribution in [0.25, 0.3) is 11.4 Å². The number of hydrogen-bond donors (Lipinski definition) is 2. The number of phenols is 2. The Kier molecular flexibility index (Phi) is 1.63. The average Bonchev–Trinajstić information content (AvgIpc) is 2.56. The van der Waals surface area contributed by atoms with Gasteiger partial charge in [0.25, 0.3) is 0 Å². The number of rotatable bonds is 1. The molecule has 0 bridgehead atoms. The van der Waals surface area contributed by atoms with Gasteiger partial charge in [0.05, 0.1) is 5.56 Å². The summed E-state index contributed by atoms with van der Waals surface area (Å²) >= 11 is 0. The molecule has 0 aliphatic heterocycles. The molecule has 0 aliphatic rings. The molecule has 0 radical (unpaired) electrons. The molecular weight excluding hydrogens is 172 g/mol. The van der Waals surface area contributed by atoms with Crippen LogP contribution in [0.1, 0.15) is 0 Å². The van der Waals surface area contributed by atoms with E-state index in [9.17, 15) is 5.11 Å². The Balaban J connectivity index is 2.53. The predicted molar refractivity (Wildman–Crippen MR) is 43.1 cm³/mol. The quantitative estimate of drug-likeness (QED) is 0.684. The van der Waals surface area contributed by atoms with E-state index in [2.05, 4.69) is 14.7 Å². The first-order valence-corrected chi connectivity index (χ1v) is 3.56. The summed E-state index contributed by atoms with van der Waals surface area (Å²) in [4.78, 5) is 3.76. The van der Waals surface area contributed by atoms with Crippen LogP contribution in [0.15, 0.2) is 29.1 Å². The van der Waals surface area contributed by atoms with Crippen LogP contribution in [-0.2, 0) is 0 Å². The number of aromatic hydroxyl groups is 2. The minimum atomic E-state index is -0.0820. The fourth-order valence-corrected chi connectivity index (χ4v) is 0.998. The molecule has 0 spiro atoms. The lowest BCUT2D eigenvalue weighted by molar-refractivity contribution is 0.417. The molecule has 1 aromatic carbocycles. The van der Waals surface area contributed by atoms with E-state index in [4.69, 9.17) is 5.11 Å². The highest BCUT2D eigenvalue weighted by molar-refractivity contribution is 5.64. The molecule has 5 nitrogen and oxygen atoms in total. The van der Waals surface area contributed by atoms with E-state index >= 15 is 0 Å². The Hall–Kier alpha value is -2.04. The molecule has 2 N–H and O–H groups in total. The summed E-state index contributed by atoms with van der Waals surface area (Å²) in [6.45, 7) is 0. The van der Waals surface area contributed by atoms with Gasteiger partial charge in [0.2, 0.25) is 12.2 Å². The van der Waals surface area contributed by atoms with Gasteiger partial charge in [-0.3, -0.25) is 0 Å². The first-order chi connectivity index (χ1) is 6.27. The van der Waals surface area contributed by atoms with E-state index in [1.165, 1.54) is 24.6 Å². The lowest BCUT2D eigenvalue weighted by Gasteiger charge is -1.98. The van der Waals surface area contributed by atoms with Crippen molar-refractivity contribution in [3.05, 3.63) is 24.6 Å². The third kappa shape index (κ3) is 1.31. The van der Waals surface area contributed by atoms with Gasteiger partial charge in [-0.2, -0.15) is 4.98 Å². The van der Waals surface area contributed by atoms with Crippen molar-refractivity contribution in [1.29, 1.82) is 0 Å². The van der Waals surface area contributed by atoms with Gasteiger partial charge in [-0.05, 0) is 12.1 Å². The van der Waals surface area contributed by atoms with Crippen molar-refractivity contribution in [2.24, 2.45) is 0 Å². The Morgan fingerprint density at radius 1 is 1.23 bits per heavy atom. The lowest BCUT2D eigenvalue weighted by Crippen LogP contribution is -1.80. The smallest absolute Gasteiger partial charge is 0.214 e. The van der Waals surface area contributed by atoms with E-state index < -0.39 is 0 Å².